The number of nitrogens with one attached hydrogen (secondary N) is 2. The van der Waals surface area contributed by atoms with E-state index in [0.717, 1.165) is 6.42 Å². The predicted octanol–water partition coefficient (Wildman–Crippen LogP) is 1.13. The van der Waals surface area contributed by atoms with Gasteiger partial charge in [-0.25, -0.2) is 4.79 Å². The number of amides is 2. The standard InChI is InChI=1S/C16H31N3O4/c1-12(18-7-6-14(20)17-5)10-13-11-22-9-8-19(13)15(21)23-16(2,3)4/h12-13,18H,6-11H2,1-5H3,(H,17,20). The van der Waals surface area contributed by atoms with Gasteiger partial charge in [0.15, 0.2) is 0 Å². The molecule has 0 radical (unpaired) electrons. The highest BCUT2D eigenvalue weighted by atomic mass is 16.6. The third kappa shape index (κ3) is 7.65. The van der Waals surface area contributed by atoms with Crippen LogP contribution in [-0.2, 0) is 14.3 Å². The first-order valence-corrected chi connectivity index (χ1v) is 8.24. The monoisotopic (exact) mass is 329 g/mol. The van der Waals surface area contributed by atoms with Crippen molar-refractivity contribution in [1.29, 1.82) is 0 Å². The van der Waals surface area contributed by atoms with E-state index in [4.69, 9.17) is 9.47 Å². The zero-order valence-corrected chi connectivity index (χ0v) is 15.0. The first-order valence-electron chi connectivity index (χ1n) is 8.24. The van der Waals surface area contributed by atoms with Gasteiger partial charge in [-0.15, -0.1) is 0 Å². The molecule has 0 aromatic rings. The molecule has 7 nitrogen and oxygen atoms in total. The van der Waals surface area contributed by atoms with Crippen molar-refractivity contribution in [2.45, 2.75) is 58.2 Å². The van der Waals surface area contributed by atoms with Gasteiger partial charge in [0, 0.05) is 32.6 Å². The number of nitrogens with zero attached hydrogens (tertiary/aromatic N) is 1. The Balaban J connectivity index is 2.47. The minimum Gasteiger partial charge on any atom is -0.444 e. The molecule has 1 saturated heterocycles. The van der Waals surface area contributed by atoms with E-state index in [1.807, 2.05) is 27.7 Å². The van der Waals surface area contributed by atoms with Gasteiger partial charge in [0.05, 0.1) is 19.3 Å². The highest BCUT2D eigenvalue weighted by Gasteiger charge is 2.31. The summed E-state index contributed by atoms with van der Waals surface area (Å²) < 4.78 is 11.0. The van der Waals surface area contributed by atoms with Crippen LogP contribution in [-0.4, -0.2) is 67.9 Å². The van der Waals surface area contributed by atoms with E-state index in [1.165, 1.54) is 0 Å². The molecule has 1 heterocycles. The summed E-state index contributed by atoms with van der Waals surface area (Å²) in [4.78, 5) is 25.3. The van der Waals surface area contributed by atoms with Gasteiger partial charge in [-0.2, -0.15) is 0 Å². The summed E-state index contributed by atoms with van der Waals surface area (Å²) in [5.41, 5.74) is -0.503. The summed E-state index contributed by atoms with van der Waals surface area (Å²) >= 11 is 0. The van der Waals surface area contributed by atoms with E-state index < -0.39 is 5.60 Å². The van der Waals surface area contributed by atoms with E-state index in [9.17, 15) is 9.59 Å². The third-order valence-corrected chi connectivity index (χ3v) is 3.60. The van der Waals surface area contributed by atoms with E-state index in [0.29, 0.717) is 32.7 Å². The molecular weight excluding hydrogens is 298 g/mol. The lowest BCUT2D eigenvalue weighted by atomic mass is 10.1. The van der Waals surface area contributed by atoms with Crippen LogP contribution in [0.5, 0.6) is 0 Å². The second kappa shape index (κ2) is 9.08. The molecule has 1 rings (SSSR count). The van der Waals surface area contributed by atoms with Gasteiger partial charge in [-0.05, 0) is 34.1 Å². The molecule has 0 saturated carbocycles. The molecule has 0 spiro atoms. The number of hydrogen-bond acceptors (Lipinski definition) is 5. The van der Waals surface area contributed by atoms with Gasteiger partial charge < -0.3 is 25.0 Å². The third-order valence-electron chi connectivity index (χ3n) is 3.60. The Bertz CT molecular complexity index is 395. The molecular formula is C16H31N3O4. The lowest BCUT2D eigenvalue weighted by Crippen LogP contribution is -2.52. The van der Waals surface area contributed by atoms with Crippen molar-refractivity contribution in [2.75, 3.05) is 33.4 Å². The topological polar surface area (TPSA) is 79.9 Å². The minimum absolute atomic E-state index is 0.0129. The molecule has 2 atom stereocenters. The van der Waals surface area contributed by atoms with E-state index >= 15 is 0 Å². The zero-order valence-electron chi connectivity index (χ0n) is 15.0. The molecule has 2 amide bonds. The molecule has 2 N–H and O–H groups in total. The summed E-state index contributed by atoms with van der Waals surface area (Å²) in [5, 5.41) is 5.90. The molecule has 1 aliphatic rings. The molecule has 2 unspecified atom stereocenters. The Morgan fingerprint density at radius 1 is 1.39 bits per heavy atom. The largest absolute Gasteiger partial charge is 0.444 e. The van der Waals surface area contributed by atoms with Crippen LogP contribution in [0.25, 0.3) is 0 Å². The Labute approximate surface area is 139 Å². The second-order valence-corrected chi connectivity index (χ2v) is 6.92. The zero-order chi connectivity index (χ0) is 17.5. The maximum atomic E-state index is 12.3. The lowest BCUT2D eigenvalue weighted by molar-refractivity contribution is -0.120. The molecule has 134 valence electrons. The van der Waals surface area contributed by atoms with Crippen LogP contribution in [0.4, 0.5) is 4.79 Å². The van der Waals surface area contributed by atoms with E-state index in [1.54, 1.807) is 11.9 Å². The smallest absolute Gasteiger partial charge is 0.410 e. The first-order chi connectivity index (χ1) is 10.7. The predicted molar refractivity (Wildman–Crippen MR) is 88.3 cm³/mol. The van der Waals surface area contributed by atoms with Gasteiger partial charge in [0.2, 0.25) is 5.91 Å². The molecule has 0 bridgehead atoms. The maximum Gasteiger partial charge on any atom is 0.410 e. The molecule has 0 aromatic heterocycles. The summed E-state index contributed by atoms with van der Waals surface area (Å²) in [6.45, 7) is 9.85. The average Bonchev–Trinajstić information content (AvgIpc) is 2.45. The van der Waals surface area contributed by atoms with Crippen molar-refractivity contribution in [3.63, 3.8) is 0 Å². The van der Waals surface area contributed by atoms with E-state index in [-0.39, 0.29) is 24.1 Å². The van der Waals surface area contributed by atoms with Gasteiger partial charge in [-0.1, -0.05) is 0 Å². The Hall–Kier alpha value is -1.34. The highest BCUT2D eigenvalue weighted by Crippen LogP contribution is 2.17. The van der Waals surface area contributed by atoms with Crippen LogP contribution in [0, 0.1) is 0 Å². The molecule has 1 fully saturated rings. The number of carbonyl (C=O) groups excluding carboxylic acids is 2. The summed E-state index contributed by atoms with van der Waals surface area (Å²) in [7, 11) is 1.63. The second-order valence-electron chi connectivity index (χ2n) is 6.92. The van der Waals surface area contributed by atoms with Gasteiger partial charge in [-0.3, -0.25) is 4.79 Å². The van der Waals surface area contributed by atoms with Crippen LogP contribution in [0.3, 0.4) is 0 Å². The number of rotatable bonds is 6. The lowest BCUT2D eigenvalue weighted by Gasteiger charge is -2.37. The fourth-order valence-corrected chi connectivity index (χ4v) is 2.46. The number of morpholine rings is 1. The van der Waals surface area contributed by atoms with Gasteiger partial charge >= 0.3 is 6.09 Å². The Morgan fingerprint density at radius 3 is 2.70 bits per heavy atom. The van der Waals surface area contributed by atoms with Crippen LogP contribution in [0.1, 0.15) is 40.5 Å². The molecule has 1 aliphatic heterocycles. The fourth-order valence-electron chi connectivity index (χ4n) is 2.46. The minimum atomic E-state index is -0.503. The normalized spacial score (nSPS) is 20.0. The van der Waals surface area contributed by atoms with E-state index in [2.05, 4.69) is 10.6 Å². The van der Waals surface area contributed by atoms with Crippen molar-refractivity contribution < 1.29 is 19.1 Å². The Kier molecular flexibility index (Phi) is 7.78. The van der Waals surface area contributed by atoms with Crippen molar-refractivity contribution in [1.82, 2.24) is 15.5 Å². The number of ether oxygens (including phenoxy) is 2. The molecule has 7 heteroatoms. The van der Waals surface area contributed by atoms with Gasteiger partial charge in [0.25, 0.3) is 0 Å². The van der Waals surface area contributed by atoms with Crippen LogP contribution in [0.15, 0.2) is 0 Å². The van der Waals surface area contributed by atoms with Crippen molar-refractivity contribution in [3.05, 3.63) is 0 Å². The number of hydrogen-bond donors (Lipinski definition) is 2. The molecule has 0 aliphatic carbocycles. The number of carbonyl (C=O) groups is 2. The fraction of sp³-hybridized carbons (Fsp3) is 0.875. The first kappa shape index (κ1) is 19.7. The average molecular weight is 329 g/mol. The highest BCUT2D eigenvalue weighted by molar-refractivity contribution is 5.75. The molecule has 0 aromatic carbocycles. The quantitative estimate of drug-likeness (QED) is 0.763. The Morgan fingerprint density at radius 2 is 2.09 bits per heavy atom. The van der Waals surface area contributed by atoms with Crippen LogP contribution in [0.2, 0.25) is 0 Å². The maximum absolute atomic E-state index is 12.3. The van der Waals surface area contributed by atoms with Crippen LogP contribution < -0.4 is 10.6 Å². The summed E-state index contributed by atoms with van der Waals surface area (Å²) in [5.74, 6) is 0.0149. The van der Waals surface area contributed by atoms with Crippen molar-refractivity contribution in [2.24, 2.45) is 0 Å². The summed E-state index contributed by atoms with van der Waals surface area (Å²) in [6.07, 6.45) is 0.911. The molecule has 23 heavy (non-hydrogen) atoms. The van der Waals surface area contributed by atoms with Crippen molar-refractivity contribution in [3.8, 4) is 0 Å². The van der Waals surface area contributed by atoms with Crippen molar-refractivity contribution >= 4 is 12.0 Å². The van der Waals surface area contributed by atoms with Crippen LogP contribution >= 0.6 is 0 Å². The SMILES string of the molecule is CNC(=O)CCNC(C)CC1COCCN1C(=O)OC(C)(C)C. The summed E-state index contributed by atoms with van der Waals surface area (Å²) in [6, 6.07) is 0.164. The van der Waals surface area contributed by atoms with Gasteiger partial charge in [0.1, 0.15) is 5.60 Å².